The Morgan fingerprint density at radius 2 is 1.88 bits per heavy atom. The van der Waals surface area contributed by atoms with Crippen molar-refractivity contribution in [3.05, 3.63) is 48.0 Å². The zero-order chi connectivity index (χ0) is 12.9. The van der Waals surface area contributed by atoms with Gasteiger partial charge in [0.1, 0.15) is 5.60 Å². The molecule has 0 spiro atoms. The summed E-state index contributed by atoms with van der Waals surface area (Å²) >= 11 is 0. The molecule has 1 aromatic carbocycles. The molecule has 0 aliphatic carbocycles. The van der Waals surface area contributed by atoms with Crippen molar-refractivity contribution >= 4 is 0 Å². The maximum atomic E-state index is 8.79. The van der Waals surface area contributed by atoms with Gasteiger partial charge in [-0.15, -0.1) is 0 Å². The maximum Gasteiger partial charge on any atom is 0.249 e. The van der Waals surface area contributed by atoms with Crippen LogP contribution in [0.3, 0.4) is 0 Å². The Labute approximate surface area is 101 Å². The Balaban J connectivity index is 2.63. The van der Waals surface area contributed by atoms with Crippen molar-refractivity contribution < 1.29 is 19.9 Å². The lowest BCUT2D eigenvalue weighted by molar-refractivity contribution is -0.473. The number of benzene rings is 1. The molecule has 0 heterocycles. The summed E-state index contributed by atoms with van der Waals surface area (Å²) in [5, 5.41) is 8.79. The Morgan fingerprint density at radius 1 is 1.29 bits per heavy atom. The minimum Gasteiger partial charge on any atom is -0.249 e. The molecule has 0 aliphatic rings. The predicted octanol–water partition coefficient (Wildman–Crippen LogP) is 3.48. The number of hydrogen-bond donors (Lipinski definition) is 1. The van der Waals surface area contributed by atoms with Crippen molar-refractivity contribution in [3.8, 4) is 0 Å². The van der Waals surface area contributed by atoms with E-state index in [1.165, 1.54) is 0 Å². The number of hydrogen-bond acceptors (Lipinski definition) is 4. The fourth-order valence-electron chi connectivity index (χ4n) is 0.979. The van der Waals surface area contributed by atoms with Crippen LogP contribution in [0.2, 0.25) is 0 Å². The van der Waals surface area contributed by atoms with Gasteiger partial charge in [0.2, 0.25) is 6.29 Å². The van der Waals surface area contributed by atoms with Crippen molar-refractivity contribution in [2.45, 2.75) is 32.7 Å². The van der Waals surface area contributed by atoms with Gasteiger partial charge in [-0.3, -0.25) is 0 Å². The van der Waals surface area contributed by atoms with E-state index >= 15 is 0 Å². The lowest BCUT2D eigenvalue weighted by Gasteiger charge is -2.25. The van der Waals surface area contributed by atoms with Gasteiger partial charge in [0.25, 0.3) is 0 Å². The predicted molar refractivity (Wildman–Crippen MR) is 64.0 cm³/mol. The van der Waals surface area contributed by atoms with Crippen LogP contribution in [0.1, 0.15) is 32.6 Å². The van der Waals surface area contributed by atoms with Crippen LogP contribution in [0.5, 0.6) is 0 Å². The topological polar surface area (TPSA) is 47.9 Å². The Bertz CT molecular complexity index is 359. The van der Waals surface area contributed by atoms with E-state index in [-0.39, 0.29) is 0 Å². The maximum absolute atomic E-state index is 8.79. The fourth-order valence-corrected chi connectivity index (χ4v) is 0.979. The van der Waals surface area contributed by atoms with E-state index in [0.717, 1.165) is 5.57 Å². The third-order valence-electron chi connectivity index (χ3n) is 2.54. The highest BCUT2D eigenvalue weighted by atomic mass is 17.3. The molecule has 0 aliphatic heterocycles. The summed E-state index contributed by atoms with van der Waals surface area (Å²) in [6.07, 6.45) is -0.977. The van der Waals surface area contributed by atoms with Gasteiger partial charge in [0.05, 0.1) is 0 Å². The molecule has 0 amide bonds. The van der Waals surface area contributed by atoms with Crippen LogP contribution in [0.4, 0.5) is 0 Å². The Hall–Kier alpha value is -1.20. The van der Waals surface area contributed by atoms with Gasteiger partial charge in [-0.1, -0.05) is 36.9 Å². The molecule has 0 saturated carbocycles. The molecule has 0 aromatic heterocycles. The lowest BCUT2D eigenvalue weighted by Crippen LogP contribution is -2.27. The summed E-state index contributed by atoms with van der Waals surface area (Å²) in [5.41, 5.74) is 0.820. The van der Waals surface area contributed by atoms with Crippen LogP contribution in [0.15, 0.2) is 42.5 Å². The Morgan fingerprint density at radius 3 is 2.35 bits per heavy atom. The summed E-state index contributed by atoms with van der Waals surface area (Å²) in [7, 11) is 0. The molecule has 0 fully saturated rings. The van der Waals surface area contributed by atoms with Crippen molar-refractivity contribution in [3.63, 3.8) is 0 Å². The molecule has 1 aromatic rings. The minimum absolute atomic E-state index is 0.647. The van der Waals surface area contributed by atoms with Crippen molar-refractivity contribution in [1.29, 1.82) is 0 Å². The third kappa shape index (κ3) is 3.94. The van der Waals surface area contributed by atoms with Gasteiger partial charge < -0.3 is 0 Å². The van der Waals surface area contributed by atoms with Crippen molar-refractivity contribution in [1.82, 2.24) is 0 Å². The molecule has 4 nitrogen and oxygen atoms in total. The van der Waals surface area contributed by atoms with E-state index in [1.807, 2.05) is 39.0 Å². The van der Waals surface area contributed by atoms with E-state index in [2.05, 4.69) is 11.5 Å². The van der Waals surface area contributed by atoms with E-state index in [9.17, 15) is 0 Å². The molecule has 1 atom stereocenters. The van der Waals surface area contributed by atoms with Crippen LogP contribution in [-0.2, 0) is 14.7 Å². The SMILES string of the molecule is C=C(C)C(C)(C)OOC(OO)c1ccccc1. The fraction of sp³-hybridized carbons (Fsp3) is 0.385. The molecule has 94 valence electrons. The smallest absolute Gasteiger partial charge is 0.249 e. The van der Waals surface area contributed by atoms with Crippen molar-refractivity contribution in [2.75, 3.05) is 0 Å². The summed E-state index contributed by atoms with van der Waals surface area (Å²) in [5.74, 6) is 0. The first kappa shape index (κ1) is 13.9. The zero-order valence-corrected chi connectivity index (χ0v) is 10.3. The van der Waals surface area contributed by atoms with Crippen molar-refractivity contribution in [2.24, 2.45) is 0 Å². The Kier molecular flexibility index (Phi) is 4.84. The quantitative estimate of drug-likeness (QED) is 0.357. The van der Waals surface area contributed by atoms with E-state index < -0.39 is 11.9 Å². The molecule has 1 N–H and O–H groups in total. The third-order valence-corrected chi connectivity index (χ3v) is 2.54. The standard InChI is InChI=1S/C13H18O4/c1-10(2)13(3,4)17-16-12(15-14)11-8-6-5-7-9-11/h5-9,12,14H,1H2,2-4H3. The zero-order valence-electron chi connectivity index (χ0n) is 10.3. The molecule has 4 heteroatoms. The highest BCUT2D eigenvalue weighted by molar-refractivity contribution is 5.15. The monoisotopic (exact) mass is 238 g/mol. The van der Waals surface area contributed by atoms with Gasteiger partial charge in [0.15, 0.2) is 0 Å². The summed E-state index contributed by atoms with van der Waals surface area (Å²) in [4.78, 5) is 14.5. The molecular weight excluding hydrogens is 220 g/mol. The van der Waals surface area contributed by atoms with Crippen LogP contribution in [-0.4, -0.2) is 10.9 Å². The molecule has 1 rings (SSSR count). The normalized spacial score (nSPS) is 13.4. The molecule has 0 radical (unpaired) electrons. The van der Waals surface area contributed by atoms with Gasteiger partial charge in [0, 0.05) is 5.56 Å². The van der Waals surface area contributed by atoms with Gasteiger partial charge >= 0.3 is 0 Å². The van der Waals surface area contributed by atoms with E-state index in [1.54, 1.807) is 12.1 Å². The van der Waals surface area contributed by atoms with E-state index in [4.69, 9.17) is 15.0 Å². The van der Waals surface area contributed by atoms with Crippen LogP contribution >= 0.6 is 0 Å². The molecule has 17 heavy (non-hydrogen) atoms. The van der Waals surface area contributed by atoms with Crippen LogP contribution < -0.4 is 0 Å². The highest BCUT2D eigenvalue weighted by Gasteiger charge is 2.24. The summed E-state index contributed by atoms with van der Waals surface area (Å²) in [6.45, 7) is 9.26. The molecule has 1 unspecified atom stereocenters. The highest BCUT2D eigenvalue weighted by Crippen LogP contribution is 2.24. The van der Waals surface area contributed by atoms with Gasteiger partial charge in [-0.05, 0) is 26.3 Å². The van der Waals surface area contributed by atoms with Gasteiger partial charge in [-0.25, -0.2) is 10.1 Å². The first-order valence-electron chi connectivity index (χ1n) is 5.33. The van der Waals surface area contributed by atoms with E-state index in [0.29, 0.717) is 5.56 Å². The summed E-state index contributed by atoms with van der Waals surface area (Å²) < 4.78 is 0. The minimum atomic E-state index is -0.977. The van der Waals surface area contributed by atoms with Crippen LogP contribution in [0, 0.1) is 0 Å². The second-order valence-electron chi connectivity index (χ2n) is 4.32. The molecule has 0 saturated heterocycles. The second-order valence-corrected chi connectivity index (χ2v) is 4.32. The van der Waals surface area contributed by atoms with Gasteiger partial charge in [-0.2, -0.15) is 9.78 Å². The second kappa shape index (κ2) is 5.93. The molecule has 0 bridgehead atoms. The first-order chi connectivity index (χ1) is 7.97. The molecular formula is C13H18O4. The van der Waals surface area contributed by atoms with Crippen LogP contribution in [0.25, 0.3) is 0 Å². The number of rotatable bonds is 6. The summed E-state index contributed by atoms with van der Waals surface area (Å²) in [6, 6.07) is 9.01. The first-order valence-corrected chi connectivity index (χ1v) is 5.33. The average Bonchev–Trinajstić information content (AvgIpc) is 2.31. The largest absolute Gasteiger partial charge is 0.249 e. The lowest BCUT2D eigenvalue weighted by atomic mass is 10.0. The average molecular weight is 238 g/mol.